The van der Waals surface area contributed by atoms with Crippen molar-refractivity contribution in [3.8, 4) is 0 Å². The van der Waals surface area contributed by atoms with Gasteiger partial charge in [-0.05, 0) is 18.6 Å². The van der Waals surface area contributed by atoms with Crippen LogP contribution in [0.25, 0.3) is 0 Å². The molecule has 2 aliphatic rings. The molecule has 0 saturated carbocycles. The predicted molar refractivity (Wildman–Crippen MR) is 109 cm³/mol. The van der Waals surface area contributed by atoms with E-state index in [1.54, 1.807) is 24.4 Å². The number of carbonyl (C=O) groups is 1. The van der Waals surface area contributed by atoms with Crippen LogP contribution in [0.2, 0.25) is 5.15 Å². The molecule has 4 rings (SSSR count). The summed E-state index contributed by atoms with van der Waals surface area (Å²) in [5, 5.41) is 0.358. The molecule has 1 aromatic heterocycles. The monoisotopic (exact) mass is 435 g/mol. The van der Waals surface area contributed by atoms with Crippen LogP contribution in [0.5, 0.6) is 0 Å². The highest BCUT2D eigenvalue weighted by atomic mass is 35.5. The molecule has 2 aliphatic heterocycles. The van der Waals surface area contributed by atoms with E-state index in [1.807, 2.05) is 0 Å². The molecule has 10 heteroatoms. The Labute approximate surface area is 175 Å². The Bertz CT molecular complexity index is 980. The van der Waals surface area contributed by atoms with E-state index in [9.17, 15) is 13.2 Å². The molecule has 1 atom stereocenters. The highest BCUT2D eigenvalue weighted by Gasteiger charge is 2.41. The molecule has 1 amide bonds. The molecule has 2 fully saturated rings. The van der Waals surface area contributed by atoms with E-state index in [0.717, 1.165) is 36.3 Å². The summed E-state index contributed by atoms with van der Waals surface area (Å²) in [6.45, 7) is 3.51. The number of hydrogen-bond acceptors (Lipinski definition) is 7. The summed E-state index contributed by atoms with van der Waals surface area (Å²) in [7, 11) is -3.83. The van der Waals surface area contributed by atoms with E-state index in [-0.39, 0.29) is 23.3 Å². The van der Waals surface area contributed by atoms with E-state index < -0.39 is 10.0 Å². The topological polar surface area (TPSA) is 86.7 Å². The number of carbonyl (C=O) groups excluding carboxylic acids is 1. The first kappa shape index (κ1) is 20.1. The first-order valence-corrected chi connectivity index (χ1v) is 11.3. The zero-order valence-corrected chi connectivity index (χ0v) is 17.4. The van der Waals surface area contributed by atoms with E-state index >= 15 is 0 Å². The van der Waals surface area contributed by atoms with Crippen LogP contribution in [0.3, 0.4) is 0 Å². The van der Waals surface area contributed by atoms with Crippen LogP contribution in [-0.4, -0.2) is 72.3 Å². The zero-order valence-electron chi connectivity index (χ0n) is 15.8. The van der Waals surface area contributed by atoms with E-state index in [0.29, 0.717) is 18.1 Å². The highest BCUT2D eigenvalue weighted by molar-refractivity contribution is 7.89. The maximum atomic E-state index is 13.0. The van der Waals surface area contributed by atoms with Gasteiger partial charge in [0.05, 0.1) is 23.3 Å². The molecule has 0 aliphatic carbocycles. The van der Waals surface area contributed by atoms with Crippen molar-refractivity contribution in [2.75, 3.05) is 37.6 Å². The van der Waals surface area contributed by atoms with Crippen molar-refractivity contribution >= 4 is 33.3 Å². The van der Waals surface area contributed by atoms with Crippen LogP contribution in [0.1, 0.15) is 12.8 Å². The van der Waals surface area contributed by atoms with Crippen LogP contribution in [0.4, 0.5) is 5.82 Å². The summed E-state index contributed by atoms with van der Waals surface area (Å²) in [5.74, 6) is 0.410. The molecule has 0 N–H and O–H groups in total. The fraction of sp³-hybridized carbons (Fsp3) is 0.421. The summed E-state index contributed by atoms with van der Waals surface area (Å²) in [4.78, 5) is 25.2. The number of hydrogen-bond donors (Lipinski definition) is 0. The van der Waals surface area contributed by atoms with E-state index in [2.05, 4.69) is 19.8 Å². The molecule has 0 spiro atoms. The van der Waals surface area contributed by atoms with E-state index in [4.69, 9.17) is 11.6 Å². The Morgan fingerprint density at radius 3 is 2.48 bits per heavy atom. The zero-order chi connectivity index (χ0) is 20.4. The Hall–Kier alpha value is -2.23. The molecule has 2 saturated heterocycles. The number of sulfonamides is 1. The average molecular weight is 436 g/mol. The number of nitrogens with zero attached hydrogens (tertiary/aromatic N) is 5. The third kappa shape index (κ3) is 4.22. The van der Waals surface area contributed by atoms with Crippen molar-refractivity contribution in [2.24, 2.45) is 0 Å². The lowest BCUT2D eigenvalue weighted by molar-refractivity contribution is -0.124. The summed E-state index contributed by atoms with van der Waals surface area (Å²) >= 11 is 5.92. The lowest BCUT2D eigenvalue weighted by Gasteiger charge is -2.37. The lowest BCUT2D eigenvalue weighted by Crippen LogP contribution is -2.51. The van der Waals surface area contributed by atoms with Crippen molar-refractivity contribution in [3.63, 3.8) is 0 Å². The fourth-order valence-corrected chi connectivity index (χ4v) is 5.66. The highest BCUT2D eigenvalue weighted by Crippen LogP contribution is 2.28. The van der Waals surface area contributed by atoms with Crippen LogP contribution >= 0.6 is 11.6 Å². The molecular weight excluding hydrogens is 414 g/mol. The normalized spacial score (nSPS) is 21.0. The Morgan fingerprint density at radius 2 is 1.79 bits per heavy atom. The molecule has 3 heterocycles. The lowest BCUT2D eigenvalue weighted by atomic mass is 10.2. The van der Waals surface area contributed by atoms with Gasteiger partial charge in [0.15, 0.2) is 0 Å². The first-order chi connectivity index (χ1) is 13.9. The maximum Gasteiger partial charge on any atom is 0.266 e. The van der Waals surface area contributed by atoms with Gasteiger partial charge in [-0.3, -0.25) is 14.7 Å². The second-order valence-corrected chi connectivity index (χ2v) is 9.39. The minimum atomic E-state index is -3.83. The third-order valence-electron chi connectivity index (χ3n) is 5.33. The summed E-state index contributed by atoms with van der Waals surface area (Å²) in [6, 6.07) is 7.81. The van der Waals surface area contributed by atoms with Crippen molar-refractivity contribution in [2.45, 2.75) is 23.8 Å². The molecule has 0 unspecified atom stereocenters. The Balaban J connectivity index is 1.42. The summed E-state index contributed by atoms with van der Waals surface area (Å²) < 4.78 is 27.1. The molecule has 0 radical (unpaired) electrons. The van der Waals surface area contributed by atoms with Crippen LogP contribution in [0.15, 0.2) is 47.6 Å². The second kappa shape index (κ2) is 8.25. The molecule has 0 bridgehead atoms. The maximum absolute atomic E-state index is 13.0. The quantitative estimate of drug-likeness (QED) is 0.705. The molecule has 2 aromatic rings. The van der Waals surface area contributed by atoms with Gasteiger partial charge in [0.25, 0.3) is 10.0 Å². The Kier molecular flexibility index (Phi) is 5.71. The van der Waals surface area contributed by atoms with Gasteiger partial charge in [0.2, 0.25) is 5.91 Å². The number of anilines is 1. The van der Waals surface area contributed by atoms with Gasteiger partial charge < -0.3 is 4.90 Å². The predicted octanol–water partition coefficient (Wildman–Crippen LogP) is 1.63. The molecule has 29 heavy (non-hydrogen) atoms. The number of benzene rings is 1. The molecule has 8 nitrogen and oxygen atoms in total. The minimum Gasteiger partial charge on any atom is -0.353 e. The van der Waals surface area contributed by atoms with Gasteiger partial charge in [0, 0.05) is 39.1 Å². The third-order valence-corrected chi connectivity index (χ3v) is 7.40. The molecule has 154 valence electrons. The van der Waals surface area contributed by atoms with Gasteiger partial charge in [0.1, 0.15) is 11.0 Å². The summed E-state index contributed by atoms with van der Waals surface area (Å²) in [5.41, 5.74) is 0. The van der Waals surface area contributed by atoms with Gasteiger partial charge in [-0.2, -0.15) is 0 Å². The largest absolute Gasteiger partial charge is 0.353 e. The van der Waals surface area contributed by atoms with Crippen LogP contribution in [0, 0.1) is 0 Å². The number of rotatable bonds is 5. The number of aromatic nitrogens is 2. The second-order valence-electron chi connectivity index (χ2n) is 7.19. The van der Waals surface area contributed by atoms with Crippen molar-refractivity contribution in [1.29, 1.82) is 0 Å². The SMILES string of the molecule is O=C1CC[C@@H](CN2CCN(c3cncc(Cl)n3)CC2)N1S(=O)(=O)c1ccccc1. The standard InChI is InChI=1S/C19H22ClN5O3S/c20-17-12-21-13-18(22-17)24-10-8-23(9-11-24)14-15-6-7-19(26)25(15)29(27,28)16-4-2-1-3-5-16/h1-5,12-13,15H,6-11,14H2/t15-/m0/s1. The number of halogens is 1. The van der Waals surface area contributed by atoms with Crippen molar-refractivity contribution < 1.29 is 13.2 Å². The van der Waals surface area contributed by atoms with Crippen molar-refractivity contribution in [3.05, 3.63) is 47.9 Å². The average Bonchev–Trinajstić information content (AvgIpc) is 3.10. The molecule has 1 aromatic carbocycles. The van der Waals surface area contributed by atoms with Gasteiger partial charge >= 0.3 is 0 Å². The number of amides is 1. The van der Waals surface area contributed by atoms with Crippen LogP contribution < -0.4 is 4.90 Å². The van der Waals surface area contributed by atoms with Crippen molar-refractivity contribution in [1.82, 2.24) is 19.2 Å². The first-order valence-electron chi connectivity index (χ1n) is 9.52. The summed E-state index contributed by atoms with van der Waals surface area (Å²) in [6.07, 6.45) is 3.99. The minimum absolute atomic E-state index is 0.157. The molecular formula is C19H22ClN5O3S. The van der Waals surface area contributed by atoms with Gasteiger partial charge in [-0.1, -0.05) is 29.8 Å². The Morgan fingerprint density at radius 1 is 1.07 bits per heavy atom. The smallest absolute Gasteiger partial charge is 0.266 e. The van der Waals surface area contributed by atoms with E-state index in [1.165, 1.54) is 18.3 Å². The van der Waals surface area contributed by atoms with Gasteiger partial charge in [-0.25, -0.2) is 17.7 Å². The van der Waals surface area contributed by atoms with Gasteiger partial charge in [-0.15, -0.1) is 0 Å². The fourth-order valence-electron chi connectivity index (χ4n) is 3.87. The number of piperazine rings is 1. The van der Waals surface area contributed by atoms with Crippen LogP contribution in [-0.2, 0) is 14.8 Å².